The summed E-state index contributed by atoms with van der Waals surface area (Å²) in [4.78, 5) is 22.8. The van der Waals surface area contributed by atoms with Gasteiger partial charge in [0.15, 0.2) is 5.78 Å². The van der Waals surface area contributed by atoms with Crippen LogP contribution in [0.25, 0.3) is 0 Å². The van der Waals surface area contributed by atoms with Gasteiger partial charge in [-0.2, -0.15) is 0 Å². The number of esters is 1. The van der Waals surface area contributed by atoms with Gasteiger partial charge in [-0.3, -0.25) is 4.79 Å². The van der Waals surface area contributed by atoms with E-state index in [1.807, 2.05) is 30.3 Å². The molecule has 3 heteroatoms. The topological polar surface area (TPSA) is 43.4 Å². The van der Waals surface area contributed by atoms with E-state index in [1.54, 1.807) is 13.0 Å². The highest BCUT2D eigenvalue weighted by Crippen LogP contribution is 2.06. The molecule has 0 unspecified atom stereocenters. The lowest BCUT2D eigenvalue weighted by atomic mass is 10.1. The highest BCUT2D eigenvalue weighted by Gasteiger charge is 2.14. The summed E-state index contributed by atoms with van der Waals surface area (Å²) in [6.45, 7) is 3.36. The van der Waals surface area contributed by atoms with E-state index in [4.69, 9.17) is 4.74 Å². The number of ketones is 1. The SMILES string of the molecule is CCOC(=O)/C(=C/Cc1ccccc1)C(C)=O. The molecule has 0 saturated heterocycles. The molecule has 0 heterocycles. The van der Waals surface area contributed by atoms with Crippen LogP contribution in [-0.4, -0.2) is 18.4 Å². The molecular weight excluding hydrogens is 216 g/mol. The second-order valence-corrected chi connectivity index (χ2v) is 3.58. The predicted octanol–water partition coefficient (Wildman–Crippen LogP) is 2.31. The minimum absolute atomic E-state index is 0.121. The summed E-state index contributed by atoms with van der Waals surface area (Å²) in [5, 5.41) is 0. The van der Waals surface area contributed by atoms with Gasteiger partial charge in [0.05, 0.1) is 12.2 Å². The number of hydrogen-bond acceptors (Lipinski definition) is 3. The van der Waals surface area contributed by atoms with Gasteiger partial charge in [-0.25, -0.2) is 4.79 Å². The van der Waals surface area contributed by atoms with Crippen molar-refractivity contribution < 1.29 is 14.3 Å². The molecule has 90 valence electrons. The zero-order valence-electron chi connectivity index (χ0n) is 10.1. The molecule has 0 aromatic heterocycles. The van der Waals surface area contributed by atoms with Crippen molar-refractivity contribution in [3.05, 3.63) is 47.5 Å². The Morgan fingerprint density at radius 3 is 2.41 bits per heavy atom. The van der Waals surface area contributed by atoms with E-state index >= 15 is 0 Å². The van der Waals surface area contributed by atoms with Gasteiger partial charge >= 0.3 is 5.97 Å². The number of allylic oxidation sites excluding steroid dienone is 1. The van der Waals surface area contributed by atoms with Crippen molar-refractivity contribution in [1.29, 1.82) is 0 Å². The molecule has 0 radical (unpaired) electrons. The maximum atomic E-state index is 11.5. The molecule has 0 aliphatic rings. The molecule has 1 aromatic carbocycles. The maximum absolute atomic E-state index is 11.5. The number of ether oxygens (including phenoxy) is 1. The van der Waals surface area contributed by atoms with Gasteiger partial charge in [-0.05, 0) is 25.8 Å². The Kier molecular flexibility index (Phi) is 5.14. The van der Waals surface area contributed by atoms with E-state index in [9.17, 15) is 9.59 Å². The third-order valence-electron chi connectivity index (χ3n) is 2.26. The smallest absolute Gasteiger partial charge is 0.341 e. The Labute approximate surface area is 101 Å². The fraction of sp³-hybridized carbons (Fsp3) is 0.286. The van der Waals surface area contributed by atoms with E-state index < -0.39 is 5.97 Å². The normalized spacial score (nSPS) is 11.1. The van der Waals surface area contributed by atoms with Crippen LogP contribution >= 0.6 is 0 Å². The zero-order chi connectivity index (χ0) is 12.7. The van der Waals surface area contributed by atoms with Gasteiger partial charge in [-0.1, -0.05) is 36.4 Å². The molecule has 1 aromatic rings. The average molecular weight is 232 g/mol. The molecule has 0 aliphatic carbocycles. The molecule has 0 N–H and O–H groups in total. The predicted molar refractivity (Wildman–Crippen MR) is 65.5 cm³/mol. The number of carbonyl (C=O) groups excluding carboxylic acids is 2. The number of hydrogen-bond donors (Lipinski definition) is 0. The van der Waals surface area contributed by atoms with E-state index in [1.165, 1.54) is 6.92 Å². The average Bonchev–Trinajstić information content (AvgIpc) is 2.30. The van der Waals surface area contributed by atoms with E-state index in [2.05, 4.69) is 0 Å². The van der Waals surface area contributed by atoms with Gasteiger partial charge in [-0.15, -0.1) is 0 Å². The lowest BCUT2D eigenvalue weighted by molar-refractivity contribution is -0.139. The van der Waals surface area contributed by atoms with Gasteiger partial charge in [0.25, 0.3) is 0 Å². The minimum Gasteiger partial charge on any atom is -0.462 e. The monoisotopic (exact) mass is 232 g/mol. The molecule has 0 saturated carbocycles. The van der Waals surface area contributed by atoms with Crippen molar-refractivity contribution in [2.45, 2.75) is 20.3 Å². The summed E-state index contributed by atoms with van der Waals surface area (Å²) in [7, 11) is 0. The third-order valence-corrected chi connectivity index (χ3v) is 2.26. The Bertz CT molecular complexity index is 418. The van der Waals surface area contributed by atoms with Crippen LogP contribution in [0.4, 0.5) is 0 Å². The van der Waals surface area contributed by atoms with Gasteiger partial charge in [0.1, 0.15) is 0 Å². The molecule has 0 fully saturated rings. The fourth-order valence-electron chi connectivity index (χ4n) is 1.41. The molecule has 0 amide bonds. The molecule has 0 bridgehead atoms. The lowest BCUT2D eigenvalue weighted by Gasteiger charge is -2.03. The van der Waals surface area contributed by atoms with Crippen molar-refractivity contribution in [1.82, 2.24) is 0 Å². The first kappa shape index (κ1) is 13.2. The summed E-state index contributed by atoms with van der Waals surface area (Å²) >= 11 is 0. The molecular formula is C14H16O3. The van der Waals surface area contributed by atoms with E-state index in [0.717, 1.165) is 5.56 Å². The Morgan fingerprint density at radius 1 is 1.24 bits per heavy atom. The van der Waals surface area contributed by atoms with Crippen LogP contribution in [0, 0.1) is 0 Å². The second kappa shape index (κ2) is 6.63. The molecule has 0 spiro atoms. The minimum atomic E-state index is -0.545. The summed E-state index contributed by atoms with van der Waals surface area (Å²) < 4.78 is 4.83. The van der Waals surface area contributed by atoms with Crippen molar-refractivity contribution in [3.63, 3.8) is 0 Å². The summed E-state index contributed by atoms with van der Waals surface area (Å²) in [6, 6.07) is 9.64. The molecule has 0 atom stereocenters. The largest absolute Gasteiger partial charge is 0.462 e. The highest BCUT2D eigenvalue weighted by molar-refractivity contribution is 6.16. The summed E-state index contributed by atoms with van der Waals surface area (Å²) in [6.07, 6.45) is 2.17. The summed E-state index contributed by atoms with van der Waals surface area (Å²) in [5.41, 5.74) is 1.17. The van der Waals surface area contributed by atoms with Crippen molar-refractivity contribution in [2.75, 3.05) is 6.61 Å². The van der Waals surface area contributed by atoms with Gasteiger partial charge in [0.2, 0.25) is 0 Å². The fourth-order valence-corrected chi connectivity index (χ4v) is 1.41. The Morgan fingerprint density at radius 2 is 1.88 bits per heavy atom. The summed E-state index contributed by atoms with van der Waals surface area (Å²) in [5.74, 6) is -0.810. The first-order chi connectivity index (χ1) is 8.15. The number of rotatable bonds is 5. The molecule has 17 heavy (non-hydrogen) atoms. The second-order valence-electron chi connectivity index (χ2n) is 3.58. The van der Waals surface area contributed by atoms with Crippen molar-refractivity contribution in [3.8, 4) is 0 Å². The maximum Gasteiger partial charge on any atom is 0.341 e. The number of Topliss-reactive ketones (excluding diaryl/α,β-unsaturated/α-hetero) is 1. The third kappa shape index (κ3) is 4.23. The number of benzene rings is 1. The van der Waals surface area contributed by atoms with Crippen LogP contribution in [0.3, 0.4) is 0 Å². The quantitative estimate of drug-likeness (QED) is 0.338. The van der Waals surface area contributed by atoms with E-state index in [0.29, 0.717) is 6.42 Å². The Hall–Kier alpha value is -1.90. The van der Waals surface area contributed by atoms with Crippen LogP contribution < -0.4 is 0 Å². The van der Waals surface area contributed by atoms with Crippen molar-refractivity contribution >= 4 is 11.8 Å². The number of carbonyl (C=O) groups is 2. The molecule has 1 rings (SSSR count). The van der Waals surface area contributed by atoms with Crippen molar-refractivity contribution in [2.24, 2.45) is 0 Å². The van der Waals surface area contributed by atoms with Crippen LogP contribution in [0.15, 0.2) is 42.0 Å². The molecule has 3 nitrogen and oxygen atoms in total. The Balaban J connectivity index is 2.78. The van der Waals surface area contributed by atoms with E-state index in [-0.39, 0.29) is 18.0 Å². The first-order valence-electron chi connectivity index (χ1n) is 5.57. The van der Waals surface area contributed by atoms with Crippen LogP contribution in [-0.2, 0) is 20.7 Å². The van der Waals surface area contributed by atoms with Gasteiger partial charge in [0, 0.05) is 0 Å². The molecule has 0 aliphatic heterocycles. The van der Waals surface area contributed by atoms with Gasteiger partial charge < -0.3 is 4.74 Å². The van der Waals surface area contributed by atoms with Crippen LogP contribution in [0.2, 0.25) is 0 Å². The first-order valence-corrected chi connectivity index (χ1v) is 5.57. The highest BCUT2D eigenvalue weighted by atomic mass is 16.5. The standard InChI is InChI=1S/C14H16O3/c1-3-17-14(16)13(11(2)15)10-9-12-7-5-4-6-8-12/h4-8,10H,3,9H2,1-2H3/b13-10+. The lowest BCUT2D eigenvalue weighted by Crippen LogP contribution is -2.14. The van der Waals surface area contributed by atoms with Crippen LogP contribution in [0.5, 0.6) is 0 Å². The van der Waals surface area contributed by atoms with Crippen LogP contribution in [0.1, 0.15) is 19.4 Å². The zero-order valence-corrected chi connectivity index (χ0v) is 10.1.